The lowest BCUT2D eigenvalue weighted by Crippen LogP contribution is -2.13. The van der Waals surface area contributed by atoms with Crippen molar-refractivity contribution in [3.8, 4) is 5.75 Å². The van der Waals surface area contributed by atoms with E-state index in [4.69, 9.17) is 16.3 Å². The van der Waals surface area contributed by atoms with E-state index in [1.807, 2.05) is 0 Å². The summed E-state index contributed by atoms with van der Waals surface area (Å²) < 4.78 is 6.38. The Morgan fingerprint density at radius 3 is 2.62 bits per heavy atom. The van der Waals surface area contributed by atoms with Gasteiger partial charge in [-0.1, -0.05) is 24.6 Å². The molecule has 2 aromatic rings. The van der Waals surface area contributed by atoms with Crippen molar-refractivity contribution in [1.29, 1.82) is 0 Å². The normalized spacial score (nSPS) is 10.3. The van der Waals surface area contributed by atoms with Crippen LogP contribution in [0.3, 0.4) is 0 Å². The second-order valence-corrected chi connectivity index (χ2v) is 6.24. The van der Waals surface area contributed by atoms with Crippen molar-refractivity contribution in [2.75, 3.05) is 5.32 Å². The van der Waals surface area contributed by atoms with Crippen molar-refractivity contribution in [1.82, 2.24) is 0 Å². The van der Waals surface area contributed by atoms with Gasteiger partial charge < -0.3 is 15.2 Å². The second kappa shape index (κ2) is 8.17. The monoisotopic (exact) mass is 411 g/mol. The largest absolute Gasteiger partial charge is 0.488 e. The van der Waals surface area contributed by atoms with Gasteiger partial charge in [-0.3, -0.25) is 4.79 Å². The van der Waals surface area contributed by atoms with Crippen LogP contribution in [0.25, 0.3) is 0 Å². The standard InChI is InChI=1S/C17H15BrClNO4/c1-2-16(21)20-14-5-3-10(7-12(14)17(22)23)9-24-15-6-4-11(19)8-13(15)18/h3-8H,2,9H2,1H3,(H,20,21)(H,22,23). The van der Waals surface area contributed by atoms with Crippen molar-refractivity contribution < 1.29 is 19.4 Å². The van der Waals surface area contributed by atoms with E-state index in [0.29, 0.717) is 20.8 Å². The summed E-state index contributed by atoms with van der Waals surface area (Å²) in [6.45, 7) is 1.88. The Morgan fingerprint density at radius 1 is 1.25 bits per heavy atom. The number of rotatable bonds is 6. The number of carbonyl (C=O) groups excluding carboxylic acids is 1. The number of benzene rings is 2. The Hall–Kier alpha value is -2.05. The fraction of sp³-hybridized carbons (Fsp3) is 0.176. The highest BCUT2D eigenvalue weighted by Crippen LogP contribution is 2.29. The molecule has 5 nitrogen and oxygen atoms in total. The van der Waals surface area contributed by atoms with Gasteiger partial charge in [-0.2, -0.15) is 0 Å². The van der Waals surface area contributed by atoms with Crippen molar-refractivity contribution in [3.05, 3.63) is 57.0 Å². The summed E-state index contributed by atoms with van der Waals surface area (Å²) >= 11 is 9.23. The lowest BCUT2D eigenvalue weighted by atomic mass is 10.1. The SMILES string of the molecule is CCC(=O)Nc1ccc(COc2ccc(Cl)cc2Br)cc1C(=O)O. The van der Waals surface area contributed by atoms with Crippen LogP contribution in [0.1, 0.15) is 29.3 Å². The van der Waals surface area contributed by atoms with Gasteiger partial charge in [0.25, 0.3) is 0 Å². The van der Waals surface area contributed by atoms with Crippen LogP contribution >= 0.6 is 27.5 Å². The maximum absolute atomic E-state index is 11.5. The average molecular weight is 413 g/mol. The molecular formula is C17H15BrClNO4. The maximum Gasteiger partial charge on any atom is 0.337 e. The number of ether oxygens (including phenoxy) is 1. The third-order valence-corrected chi connectivity index (χ3v) is 4.05. The topological polar surface area (TPSA) is 75.6 Å². The van der Waals surface area contributed by atoms with Crippen LogP contribution in [0.4, 0.5) is 5.69 Å². The fourth-order valence-corrected chi connectivity index (χ4v) is 2.76. The number of hydrogen-bond donors (Lipinski definition) is 2. The van der Waals surface area contributed by atoms with Crippen molar-refractivity contribution in [2.24, 2.45) is 0 Å². The molecule has 0 aromatic heterocycles. The average Bonchev–Trinajstić information content (AvgIpc) is 2.54. The van der Waals surface area contributed by atoms with Crippen molar-refractivity contribution in [2.45, 2.75) is 20.0 Å². The molecule has 24 heavy (non-hydrogen) atoms. The molecular weight excluding hydrogens is 398 g/mol. The smallest absolute Gasteiger partial charge is 0.337 e. The van der Waals surface area contributed by atoms with E-state index in [-0.39, 0.29) is 30.2 Å². The van der Waals surface area contributed by atoms with Gasteiger partial charge in [-0.15, -0.1) is 0 Å². The Balaban J connectivity index is 2.17. The first-order valence-corrected chi connectivity index (χ1v) is 8.31. The highest BCUT2D eigenvalue weighted by atomic mass is 79.9. The number of carboxylic acid groups (broad SMARTS) is 1. The van der Waals surface area contributed by atoms with Gasteiger partial charge in [0.2, 0.25) is 5.91 Å². The summed E-state index contributed by atoms with van der Waals surface area (Å²) in [5.74, 6) is -0.762. The maximum atomic E-state index is 11.5. The Bertz CT molecular complexity index is 779. The first-order valence-electron chi connectivity index (χ1n) is 7.14. The first-order chi connectivity index (χ1) is 11.4. The van der Waals surface area contributed by atoms with Gasteiger partial charge in [0, 0.05) is 11.4 Å². The van der Waals surface area contributed by atoms with Crippen LogP contribution in [0.5, 0.6) is 5.75 Å². The molecule has 0 unspecified atom stereocenters. The van der Waals surface area contributed by atoms with Crippen LogP contribution < -0.4 is 10.1 Å². The van der Waals surface area contributed by atoms with Gasteiger partial charge in [0.05, 0.1) is 15.7 Å². The number of aromatic carboxylic acids is 1. The Labute approximate surface area is 152 Å². The summed E-state index contributed by atoms with van der Waals surface area (Å²) in [7, 11) is 0. The number of amides is 1. The lowest BCUT2D eigenvalue weighted by Gasteiger charge is -2.12. The van der Waals surface area contributed by atoms with Crippen LogP contribution in [0.15, 0.2) is 40.9 Å². The van der Waals surface area contributed by atoms with Gasteiger partial charge >= 0.3 is 5.97 Å². The van der Waals surface area contributed by atoms with Gasteiger partial charge in [0.15, 0.2) is 0 Å². The number of anilines is 1. The summed E-state index contributed by atoms with van der Waals surface area (Å²) in [6, 6.07) is 9.89. The summed E-state index contributed by atoms with van der Waals surface area (Å²) in [5.41, 5.74) is 0.961. The predicted octanol–water partition coefficient (Wildman–Crippen LogP) is 4.73. The predicted molar refractivity (Wildman–Crippen MR) is 95.8 cm³/mol. The molecule has 0 spiro atoms. The minimum atomic E-state index is -1.11. The van der Waals surface area contributed by atoms with E-state index < -0.39 is 5.97 Å². The van der Waals surface area contributed by atoms with Crippen LogP contribution in [-0.4, -0.2) is 17.0 Å². The fourth-order valence-electron chi connectivity index (χ4n) is 1.96. The lowest BCUT2D eigenvalue weighted by molar-refractivity contribution is -0.115. The molecule has 0 aliphatic rings. The number of halogens is 2. The molecule has 0 bridgehead atoms. The number of carboxylic acids is 1. The zero-order valence-electron chi connectivity index (χ0n) is 12.8. The molecule has 2 N–H and O–H groups in total. The third-order valence-electron chi connectivity index (χ3n) is 3.20. The molecule has 0 aliphatic carbocycles. The molecule has 1 amide bonds. The molecule has 126 valence electrons. The molecule has 0 heterocycles. The van der Waals surface area contributed by atoms with Crippen molar-refractivity contribution in [3.63, 3.8) is 0 Å². The molecule has 0 radical (unpaired) electrons. The summed E-state index contributed by atoms with van der Waals surface area (Å²) in [5, 5.41) is 12.5. The highest BCUT2D eigenvalue weighted by molar-refractivity contribution is 9.10. The molecule has 7 heteroatoms. The number of nitrogens with one attached hydrogen (secondary N) is 1. The van der Waals surface area contributed by atoms with E-state index in [0.717, 1.165) is 0 Å². The Kier molecular flexibility index (Phi) is 6.23. The van der Waals surface area contributed by atoms with E-state index in [1.165, 1.54) is 6.07 Å². The summed E-state index contributed by atoms with van der Waals surface area (Å²) in [6.07, 6.45) is 0.272. The van der Waals surface area contributed by atoms with Gasteiger partial charge in [-0.25, -0.2) is 4.79 Å². The van der Waals surface area contributed by atoms with E-state index in [9.17, 15) is 14.7 Å². The minimum absolute atomic E-state index is 0.0214. The zero-order valence-corrected chi connectivity index (χ0v) is 15.1. The summed E-state index contributed by atoms with van der Waals surface area (Å²) in [4.78, 5) is 22.9. The quantitative estimate of drug-likeness (QED) is 0.719. The second-order valence-electron chi connectivity index (χ2n) is 4.95. The van der Waals surface area contributed by atoms with Crippen LogP contribution in [-0.2, 0) is 11.4 Å². The van der Waals surface area contributed by atoms with Crippen LogP contribution in [0.2, 0.25) is 5.02 Å². The highest BCUT2D eigenvalue weighted by Gasteiger charge is 2.13. The molecule has 2 aromatic carbocycles. The van der Waals surface area contributed by atoms with E-state index in [1.54, 1.807) is 37.3 Å². The molecule has 0 saturated heterocycles. The molecule has 0 atom stereocenters. The Morgan fingerprint density at radius 2 is 2.00 bits per heavy atom. The molecule has 0 saturated carbocycles. The molecule has 2 rings (SSSR count). The molecule has 0 fully saturated rings. The third kappa shape index (κ3) is 4.72. The number of hydrogen-bond acceptors (Lipinski definition) is 3. The van der Waals surface area contributed by atoms with Crippen molar-refractivity contribution >= 4 is 45.1 Å². The van der Waals surface area contributed by atoms with E-state index in [2.05, 4.69) is 21.2 Å². The molecule has 0 aliphatic heterocycles. The van der Waals surface area contributed by atoms with Gasteiger partial charge in [-0.05, 0) is 51.8 Å². The first kappa shape index (κ1) is 18.3. The van der Waals surface area contributed by atoms with Gasteiger partial charge in [0.1, 0.15) is 12.4 Å². The zero-order chi connectivity index (χ0) is 17.7. The minimum Gasteiger partial charge on any atom is -0.488 e. The van der Waals surface area contributed by atoms with Crippen LogP contribution in [0, 0.1) is 0 Å². The number of carbonyl (C=O) groups is 2. The van der Waals surface area contributed by atoms with E-state index >= 15 is 0 Å².